The second kappa shape index (κ2) is 5.66. The summed E-state index contributed by atoms with van der Waals surface area (Å²) < 4.78 is 50.7. The van der Waals surface area contributed by atoms with E-state index in [-0.39, 0.29) is 6.54 Å². The second-order valence-electron chi connectivity index (χ2n) is 4.11. The van der Waals surface area contributed by atoms with Crippen molar-refractivity contribution in [2.75, 3.05) is 0 Å². The molecule has 2 rings (SSSR count). The van der Waals surface area contributed by atoms with Crippen LogP contribution in [-0.2, 0) is 16.6 Å². The fourth-order valence-corrected chi connectivity index (χ4v) is 2.70. The normalized spacial score (nSPS) is 11.8. The molecule has 0 spiro atoms. The topological polar surface area (TPSA) is 63.4 Å². The molecule has 0 saturated carbocycles. The van der Waals surface area contributed by atoms with Crippen LogP contribution in [-0.4, -0.2) is 12.8 Å². The van der Waals surface area contributed by atoms with Crippen molar-refractivity contribution in [3.05, 3.63) is 65.7 Å². The highest BCUT2D eigenvalue weighted by Gasteiger charge is 2.23. The molecule has 0 aromatic heterocycles. The summed E-state index contributed by atoms with van der Waals surface area (Å²) in [6, 6.07) is 11.0. The Morgan fingerprint density at radius 2 is 1.65 bits per heavy atom. The second-order valence-corrected chi connectivity index (χ2v) is 6.00. The lowest BCUT2D eigenvalue weighted by molar-refractivity contribution is 0.420. The van der Waals surface area contributed by atoms with Gasteiger partial charge < -0.3 is 0 Å². The van der Waals surface area contributed by atoms with E-state index in [1.807, 2.05) is 0 Å². The van der Waals surface area contributed by atoms with E-state index in [0.717, 1.165) is 12.1 Å². The van der Waals surface area contributed by atoms with E-state index < -0.39 is 26.6 Å². The van der Waals surface area contributed by atoms with Gasteiger partial charge in [0, 0.05) is 0 Å². The zero-order valence-corrected chi connectivity index (χ0v) is 11.1. The van der Waals surface area contributed by atoms with Gasteiger partial charge in [0.05, 0.1) is 11.4 Å². The molecule has 0 fully saturated rings. The first kappa shape index (κ1) is 14.6. The number of nitrogens with two attached hydrogens (primary N) is 1. The first-order valence-corrected chi connectivity index (χ1v) is 7.11. The van der Waals surface area contributed by atoms with E-state index in [2.05, 4.69) is 0 Å². The molecule has 4 nitrogen and oxygen atoms in total. The lowest BCUT2D eigenvalue weighted by atomic mass is 10.2. The quantitative estimate of drug-likeness (QED) is 0.694. The number of sulfonamides is 1. The third kappa shape index (κ3) is 3.01. The zero-order chi connectivity index (χ0) is 14.8. The third-order valence-corrected chi connectivity index (χ3v) is 4.28. The molecule has 2 aromatic carbocycles. The van der Waals surface area contributed by atoms with Crippen molar-refractivity contribution in [3.63, 3.8) is 0 Å². The number of benzene rings is 2. The van der Waals surface area contributed by atoms with Crippen LogP contribution in [0.1, 0.15) is 5.56 Å². The van der Waals surface area contributed by atoms with Crippen molar-refractivity contribution in [1.29, 1.82) is 0 Å². The predicted molar refractivity (Wildman–Crippen MR) is 69.7 cm³/mol. The number of halogens is 2. The maximum Gasteiger partial charge on any atom is 0.256 e. The fraction of sp³-hybridized carbons (Fsp3) is 0.0769. The first-order chi connectivity index (χ1) is 9.41. The minimum atomic E-state index is -4.07. The van der Waals surface area contributed by atoms with Gasteiger partial charge in [0.1, 0.15) is 0 Å². The molecule has 2 N–H and O–H groups in total. The molecule has 0 heterocycles. The zero-order valence-electron chi connectivity index (χ0n) is 10.3. The van der Waals surface area contributed by atoms with Crippen molar-refractivity contribution in [2.45, 2.75) is 11.4 Å². The van der Waals surface area contributed by atoms with E-state index in [1.54, 1.807) is 30.3 Å². The third-order valence-electron chi connectivity index (χ3n) is 2.68. The molecule has 0 atom stereocenters. The smallest absolute Gasteiger partial charge is 0.254 e. The number of nitrogens with zero attached hydrogens (tertiary/aromatic N) is 1. The summed E-state index contributed by atoms with van der Waals surface area (Å²) >= 11 is 0. The summed E-state index contributed by atoms with van der Waals surface area (Å²) in [7, 11) is -4.07. The average Bonchev–Trinajstić information content (AvgIpc) is 2.42. The molecule has 7 heteroatoms. The van der Waals surface area contributed by atoms with Gasteiger partial charge in [0.15, 0.2) is 11.6 Å². The summed E-state index contributed by atoms with van der Waals surface area (Å²) in [5.41, 5.74) is 0.682. The minimum absolute atomic E-state index is 0.0673. The number of hydrogen-bond donors (Lipinski definition) is 1. The Kier molecular flexibility index (Phi) is 4.12. The lowest BCUT2D eigenvalue weighted by Gasteiger charge is -2.16. The fourth-order valence-electron chi connectivity index (χ4n) is 1.62. The highest BCUT2D eigenvalue weighted by atomic mass is 32.2. The van der Waals surface area contributed by atoms with Crippen LogP contribution < -0.4 is 5.84 Å². The summed E-state index contributed by atoms with van der Waals surface area (Å²) in [5.74, 6) is 3.18. The molecule has 0 aliphatic carbocycles. The van der Waals surface area contributed by atoms with Crippen molar-refractivity contribution in [3.8, 4) is 0 Å². The van der Waals surface area contributed by atoms with Crippen LogP contribution >= 0.6 is 0 Å². The Bertz CT molecular complexity index is 706. The van der Waals surface area contributed by atoms with Gasteiger partial charge >= 0.3 is 0 Å². The van der Waals surface area contributed by atoms with E-state index in [0.29, 0.717) is 16.0 Å². The SMILES string of the molecule is NN(Cc1ccccc1)S(=O)(=O)c1ccc(F)c(F)c1. The van der Waals surface area contributed by atoms with Crippen LogP contribution in [0.4, 0.5) is 8.78 Å². The van der Waals surface area contributed by atoms with Gasteiger partial charge in [-0.05, 0) is 23.8 Å². The van der Waals surface area contributed by atoms with Gasteiger partial charge in [-0.2, -0.15) is 0 Å². The Morgan fingerprint density at radius 3 is 2.25 bits per heavy atom. The summed E-state index contributed by atoms with van der Waals surface area (Å²) in [4.78, 5) is -0.394. The molecule has 0 saturated heterocycles. The lowest BCUT2D eigenvalue weighted by Crippen LogP contribution is -2.36. The Balaban J connectivity index is 2.27. The minimum Gasteiger partial charge on any atom is -0.254 e. The van der Waals surface area contributed by atoms with E-state index in [1.165, 1.54) is 0 Å². The maximum atomic E-state index is 13.1. The molecule has 0 aliphatic heterocycles. The number of hydrogen-bond acceptors (Lipinski definition) is 3. The van der Waals surface area contributed by atoms with Gasteiger partial charge in [-0.15, -0.1) is 4.41 Å². The summed E-state index contributed by atoms with van der Waals surface area (Å²) in [5, 5.41) is 0. The highest BCUT2D eigenvalue weighted by Crippen LogP contribution is 2.18. The van der Waals surface area contributed by atoms with Crippen LogP contribution in [0.15, 0.2) is 53.4 Å². The van der Waals surface area contributed by atoms with E-state index >= 15 is 0 Å². The van der Waals surface area contributed by atoms with Crippen LogP contribution in [0.5, 0.6) is 0 Å². The molecule has 0 amide bonds. The van der Waals surface area contributed by atoms with Gasteiger partial charge in [0.2, 0.25) is 0 Å². The molecule has 106 valence electrons. The highest BCUT2D eigenvalue weighted by molar-refractivity contribution is 7.89. The largest absolute Gasteiger partial charge is 0.256 e. The van der Waals surface area contributed by atoms with E-state index in [9.17, 15) is 17.2 Å². The molecule has 0 aliphatic rings. The van der Waals surface area contributed by atoms with Crippen molar-refractivity contribution >= 4 is 10.0 Å². The Labute approximate surface area is 115 Å². The molecule has 0 unspecified atom stereocenters. The molecule has 0 radical (unpaired) electrons. The van der Waals surface area contributed by atoms with Crippen LogP contribution in [0, 0.1) is 11.6 Å². The number of hydrazine groups is 1. The molecular weight excluding hydrogens is 286 g/mol. The molecule has 0 bridgehead atoms. The average molecular weight is 298 g/mol. The van der Waals surface area contributed by atoms with E-state index in [4.69, 9.17) is 5.84 Å². The van der Waals surface area contributed by atoms with Crippen molar-refractivity contribution in [1.82, 2.24) is 4.41 Å². The van der Waals surface area contributed by atoms with Crippen LogP contribution in [0.25, 0.3) is 0 Å². The summed E-state index contributed by atoms with van der Waals surface area (Å²) in [6.07, 6.45) is 0. The van der Waals surface area contributed by atoms with Gasteiger partial charge in [-0.1, -0.05) is 30.3 Å². The predicted octanol–water partition coefficient (Wildman–Crippen LogP) is 2.03. The monoisotopic (exact) mass is 298 g/mol. The van der Waals surface area contributed by atoms with Gasteiger partial charge in [-0.3, -0.25) is 5.84 Å². The van der Waals surface area contributed by atoms with Crippen LogP contribution in [0.3, 0.4) is 0 Å². The Hall–Kier alpha value is -1.83. The maximum absolute atomic E-state index is 13.1. The molecule has 2 aromatic rings. The van der Waals surface area contributed by atoms with Crippen molar-refractivity contribution < 1.29 is 17.2 Å². The van der Waals surface area contributed by atoms with Crippen LogP contribution in [0.2, 0.25) is 0 Å². The molecular formula is C13H12F2N2O2S. The van der Waals surface area contributed by atoms with Crippen molar-refractivity contribution in [2.24, 2.45) is 5.84 Å². The molecule has 20 heavy (non-hydrogen) atoms. The van der Waals surface area contributed by atoms with Gasteiger partial charge in [-0.25, -0.2) is 17.2 Å². The van der Waals surface area contributed by atoms with Gasteiger partial charge in [0.25, 0.3) is 10.0 Å². The number of rotatable bonds is 4. The summed E-state index contributed by atoms with van der Waals surface area (Å²) in [6.45, 7) is -0.0673. The standard InChI is InChI=1S/C13H12F2N2O2S/c14-12-7-6-11(8-13(12)15)20(18,19)17(16)9-10-4-2-1-3-5-10/h1-8H,9,16H2. The Morgan fingerprint density at radius 1 is 1.00 bits per heavy atom. The first-order valence-electron chi connectivity index (χ1n) is 5.67.